The molecule has 0 aliphatic heterocycles. The molecule has 3 rings (SSSR count). The SMILES string of the molecule is N#Cc1cccc(NC(=O)c2ccc(OCc3ccccc3Cl)cc2)c1. The standard InChI is InChI=1S/C21H15ClN2O2/c22-20-7-2-1-5-17(20)14-26-19-10-8-16(9-11-19)21(25)24-18-6-3-4-15(12-18)13-23/h1-12H,14H2,(H,24,25). The minimum Gasteiger partial charge on any atom is -0.489 e. The average molecular weight is 363 g/mol. The third-order valence-electron chi connectivity index (χ3n) is 3.72. The van der Waals surface area contributed by atoms with E-state index in [2.05, 4.69) is 5.32 Å². The van der Waals surface area contributed by atoms with Crippen LogP contribution >= 0.6 is 11.6 Å². The van der Waals surface area contributed by atoms with Gasteiger partial charge in [0.25, 0.3) is 5.91 Å². The molecule has 0 fully saturated rings. The lowest BCUT2D eigenvalue weighted by molar-refractivity contribution is 0.102. The fraction of sp³-hybridized carbons (Fsp3) is 0.0476. The fourth-order valence-corrected chi connectivity index (χ4v) is 2.54. The van der Waals surface area contributed by atoms with Crippen LogP contribution in [-0.4, -0.2) is 5.91 Å². The summed E-state index contributed by atoms with van der Waals surface area (Å²) >= 11 is 6.10. The monoisotopic (exact) mass is 362 g/mol. The zero-order valence-electron chi connectivity index (χ0n) is 13.8. The summed E-state index contributed by atoms with van der Waals surface area (Å²) in [4.78, 5) is 12.3. The van der Waals surface area contributed by atoms with Crippen molar-refractivity contribution in [2.24, 2.45) is 0 Å². The number of anilines is 1. The van der Waals surface area contributed by atoms with E-state index in [9.17, 15) is 4.79 Å². The zero-order chi connectivity index (χ0) is 18.4. The second kappa shape index (κ2) is 8.19. The van der Waals surface area contributed by atoms with E-state index in [1.165, 1.54) is 0 Å². The van der Waals surface area contributed by atoms with Gasteiger partial charge in [-0.1, -0.05) is 35.9 Å². The maximum Gasteiger partial charge on any atom is 0.255 e. The first-order valence-corrected chi connectivity index (χ1v) is 8.31. The molecular weight excluding hydrogens is 348 g/mol. The Morgan fingerprint density at radius 3 is 2.54 bits per heavy atom. The summed E-state index contributed by atoms with van der Waals surface area (Å²) in [6.07, 6.45) is 0. The molecule has 26 heavy (non-hydrogen) atoms. The summed E-state index contributed by atoms with van der Waals surface area (Å²) in [6, 6.07) is 23.1. The molecule has 0 aromatic heterocycles. The predicted molar refractivity (Wildman–Crippen MR) is 101 cm³/mol. The molecule has 0 unspecified atom stereocenters. The van der Waals surface area contributed by atoms with Crippen LogP contribution in [0.25, 0.3) is 0 Å². The number of ether oxygens (including phenoxy) is 1. The van der Waals surface area contributed by atoms with Crippen molar-refractivity contribution in [3.05, 3.63) is 94.5 Å². The molecule has 0 radical (unpaired) electrons. The summed E-state index contributed by atoms with van der Waals surface area (Å²) in [7, 11) is 0. The van der Waals surface area contributed by atoms with Crippen molar-refractivity contribution in [3.8, 4) is 11.8 Å². The van der Waals surface area contributed by atoms with Crippen LogP contribution in [0.2, 0.25) is 5.02 Å². The summed E-state index contributed by atoms with van der Waals surface area (Å²) in [5.41, 5.74) is 2.46. The van der Waals surface area contributed by atoms with E-state index in [-0.39, 0.29) is 5.91 Å². The summed E-state index contributed by atoms with van der Waals surface area (Å²) in [5, 5.41) is 12.3. The third kappa shape index (κ3) is 4.41. The van der Waals surface area contributed by atoms with E-state index in [0.717, 1.165) is 5.56 Å². The van der Waals surface area contributed by atoms with E-state index < -0.39 is 0 Å². The minimum absolute atomic E-state index is 0.252. The van der Waals surface area contributed by atoms with Gasteiger partial charge in [0.05, 0.1) is 11.6 Å². The molecular formula is C21H15ClN2O2. The second-order valence-electron chi connectivity index (χ2n) is 5.55. The highest BCUT2D eigenvalue weighted by molar-refractivity contribution is 6.31. The zero-order valence-corrected chi connectivity index (χ0v) is 14.5. The highest BCUT2D eigenvalue weighted by Gasteiger charge is 2.07. The molecule has 1 amide bonds. The van der Waals surface area contributed by atoms with E-state index in [1.807, 2.05) is 30.3 Å². The van der Waals surface area contributed by atoms with Crippen molar-refractivity contribution in [3.63, 3.8) is 0 Å². The van der Waals surface area contributed by atoms with Gasteiger partial charge in [0.15, 0.2) is 0 Å². The fourth-order valence-electron chi connectivity index (χ4n) is 2.35. The van der Waals surface area contributed by atoms with Crippen LogP contribution in [0.15, 0.2) is 72.8 Å². The lowest BCUT2D eigenvalue weighted by atomic mass is 10.2. The summed E-state index contributed by atoms with van der Waals surface area (Å²) in [5.74, 6) is 0.394. The van der Waals surface area contributed by atoms with Gasteiger partial charge >= 0.3 is 0 Å². The Labute approximate surface area is 156 Å². The molecule has 0 atom stereocenters. The van der Waals surface area contributed by atoms with Crippen LogP contribution < -0.4 is 10.1 Å². The Morgan fingerprint density at radius 2 is 1.81 bits per heavy atom. The predicted octanol–water partition coefficient (Wildman–Crippen LogP) is 5.04. The number of nitriles is 1. The van der Waals surface area contributed by atoms with Crippen molar-refractivity contribution in [1.29, 1.82) is 5.26 Å². The first kappa shape index (κ1) is 17.5. The lowest BCUT2D eigenvalue weighted by Gasteiger charge is -2.09. The molecule has 0 heterocycles. The van der Waals surface area contributed by atoms with Gasteiger partial charge in [0.1, 0.15) is 12.4 Å². The van der Waals surface area contributed by atoms with Gasteiger partial charge in [-0.15, -0.1) is 0 Å². The number of rotatable bonds is 5. The highest BCUT2D eigenvalue weighted by atomic mass is 35.5. The molecule has 3 aromatic rings. The van der Waals surface area contributed by atoms with Crippen molar-refractivity contribution in [1.82, 2.24) is 0 Å². The van der Waals surface area contributed by atoms with Crippen molar-refractivity contribution in [2.75, 3.05) is 5.32 Å². The summed E-state index contributed by atoms with van der Waals surface area (Å²) < 4.78 is 5.70. The van der Waals surface area contributed by atoms with Gasteiger partial charge in [-0.2, -0.15) is 5.26 Å². The van der Waals surface area contributed by atoms with Gasteiger partial charge in [-0.3, -0.25) is 4.79 Å². The molecule has 0 spiro atoms. The number of benzene rings is 3. The molecule has 3 aromatic carbocycles. The number of halogens is 1. The molecule has 4 nitrogen and oxygen atoms in total. The van der Waals surface area contributed by atoms with Gasteiger partial charge in [0, 0.05) is 21.8 Å². The first-order chi connectivity index (χ1) is 12.7. The third-order valence-corrected chi connectivity index (χ3v) is 4.09. The van der Waals surface area contributed by atoms with Crippen molar-refractivity contribution in [2.45, 2.75) is 6.61 Å². The maximum atomic E-state index is 12.3. The topological polar surface area (TPSA) is 62.1 Å². The van der Waals surface area contributed by atoms with E-state index in [0.29, 0.717) is 34.2 Å². The molecule has 0 aliphatic carbocycles. The number of nitrogens with zero attached hydrogens (tertiary/aromatic N) is 1. The Balaban J connectivity index is 1.62. The number of carbonyl (C=O) groups is 1. The Kier molecular flexibility index (Phi) is 5.52. The second-order valence-corrected chi connectivity index (χ2v) is 5.96. The molecule has 0 saturated carbocycles. The Morgan fingerprint density at radius 1 is 1.04 bits per heavy atom. The van der Waals surface area contributed by atoms with Crippen molar-refractivity contribution >= 4 is 23.2 Å². The van der Waals surface area contributed by atoms with Gasteiger partial charge in [-0.25, -0.2) is 0 Å². The van der Waals surface area contributed by atoms with E-state index >= 15 is 0 Å². The maximum absolute atomic E-state index is 12.3. The van der Waals surface area contributed by atoms with Crippen molar-refractivity contribution < 1.29 is 9.53 Å². The summed E-state index contributed by atoms with van der Waals surface area (Å²) in [6.45, 7) is 0.353. The van der Waals surface area contributed by atoms with Gasteiger partial charge in [-0.05, 0) is 48.5 Å². The van der Waals surface area contributed by atoms with Gasteiger partial charge in [0.2, 0.25) is 0 Å². The van der Waals surface area contributed by atoms with Crippen LogP contribution in [0, 0.1) is 11.3 Å². The minimum atomic E-state index is -0.252. The smallest absolute Gasteiger partial charge is 0.255 e. The number of carbonyl (C=O) groups excluding carboxylic acids is 1. The molecule has 128 valence electrons. The molecule has 5 heteroatoms. The van der Waals surface area contributed by atoms with Crippen LogP contribution in [0.1, 0.15) is 21.5 Å². The normalized spacial score (nSPS) is 10.0. The molecule has 1 N–H and O–H groups in total. The Bertz CT molecular complexity index is 962. The van der Waals surface area contributed by atoms with Gasteiger partial charge < -0.3 is 10.1 Å². The molecule has 0 bridgehead atoms. The van der Waals surface area contributed by atoms with Crippen LogP contribution in [0.5, 0.6) is 5.75 Å². The van der Waals surface area contributed by atoms with E-state index in [4.69, 9.17) is 21.6 Å². The Hall–Kier alpha value is -3.29. The number of hydrogen-bond acceptors (Lipinski definition) is 3. The average Bonchev–Trinajstić information content (AvgIpc) is 2.68. The highest BCUT2D eigenvalue weighted by Crippen LogP contribution is 2.19. The first-order valence-electron chi connectivity index (χ1n) is 7.93. The lowest BCUT2D eigenvalue weighted by Crippen LogP contribution is -2.11. The van der Waals surface area contributed by atoms with Crippen LogP contribution in [-0.2, 0) is 6.61 Å². The largest absolute Gasteiger partial charge is 0.489 e. The number of amides is 1. The van der Waals surface area contributed by atoms with E-state index in [1.54, 1.807) is 48.5 Å². The van der Waals surface area contributed by atoms with Crippen LogP contribution in [0.4, 0.5) is 5.69 Å². The number of hydrogen-bond donors (Lipinski definition) is 1. The number of nitrogens with one attached hydrogen (secondary N) is 1. The quantitative estimate of drug-likeness (QED) is 0.691. The van der Waals surface area contributed by atoms with Crippen LogP contribution in [0.3, 0.4) is 0 Å². The molecule has 0 aliphatic rings. The molecule has 0 saturated heterocycles.